The molecule has 0 saturated carbocycles. The van der Waals surface area contributed by atoms with Gasteiger partial charge in [-0.1, -0.05) is 20.3 Å². The minimum absolute atomic E-state index is 0.233. The highest BCUT2D eigenvalue weighted by molar-refractivity contribution is 7.80. The molecule has 0 bridgehead atoms. The highest BCUT2D eigenvalue weighted by atomic mass is 32.1. The molecule has 0 aliphatic rings. The van der Waals surface area contributed by atoms with Crippen molar-refractivity contribution in [3.05, 3.63) is 0 Å². The molecule has 12 heavy (non-hydrogen) atoms. The monoisotopic (exact) mass is 188 g/mol. The molecular weight excluding hydrogens is 168 g/mol. The lowest BCUT2D eigenvalue weighted by molar-refractivity contribution is 0.228. The Kier molecular flexibility index (Phi) is 6.35. The molecule has 0 rings (SSSR count). The Morgan fingerprint density at radius 2 is 1.83 bits per heavy atom. The topological polar surface area (TPSA) is 9.23 Å². The second-order valence-corrected chi connectivity index (χ2v) is 4.28. The zero-order valence-electron chi connectivity index (χ0n) is 8.59. The first-order valence-electron chi connectivity index (χ1n) is 4.72. The average Bonchev–Trinajstić information content (AvgIpc) is 1.84. The molecule has 1 nitrogen and oxygen atoms in total. The van der Waals surface area contributed by atoms with Gasteiger partial charge in [0.25, 0.3) is 0 Å². The lowest BCUT2D eigenvalue weighted by Crippen LogP contribution is -2.09. The third-order valence-electron chi connectivity index (χ3n) is 1.53. The van der Waals surface area contributed by atoms with Crippen molar-refractivity contribution >= 4 is 17.3 Å². The first kappa shape index (κ1) is 11.9. The van der Waals surface area contributed by atoms with Crippen molar-refractivity contribution in [2.45, 2.75) is 53.1 Å². The van der Waals surface area contributed by atoms with Crippen LogP contribution in [-0.4, -0.2) is 11.2 Å². The van der Waals surface area contributed by atoms with Gasteiger partial charge in [-0.2, -0.15) is 0 Å². The van der Waals surface area contributed by atoms with E-state index in [2.05, 4.69) is 13.8 Å². The van der Waals surface area contributed by atoms with Gasteiger partial charge in [0.2, 0.25) is 0 Å². The summed E-state index contributed by atoms with van der Waals surface area (Å²) < 4.78 is 5.36. The summed E-state index contributed by atoms with van der Waals surface area (Å²) >= 11 is 5.06. The fourth-order valence-corrected chi connectivity index (χ4v) is 1.31. The molecule has 0 unspecified atom stereocenters. The van der Waals surface area contributed by atoms with Crippen LogP contribution in [0.3, 0.4) is 0 Å². The summed E-state index contributed by atoms with van der Waals surface area (Å²) in [6.07, 6.45) is 3.56. The quantitative estimate of drug-likeness (QED) is 0.610. The molecule has 72 valence electrons. The Labute approximate surface area is 81.5 Å². The molecule has 0 aromatic rings. The summed E-state index contributed by atoms with van der Waals surface area (Å²) in [7, 11) is 0. The van der Waals surface area contributed by atoms with Crippen molar-refractivity contribution in [3.63, 3.8) is 0 Å². The second-order valence-electron chi connectivity index (χ2n) is 3.82. The third kappa shape index (κ3) is 7.99. The van der Waals surface area contributed by atoms with Gasteiger partial charge in [-0.05, 0) is 38.4 Å². The first-order valence-corrected chi connectivity index (χ1v) is 5.12. The molecule has 0 aliphatic carbocycles. The Bertz CT molecular complexity index is 130. The minimum atomic E-state index is 0.233. The highest BCUT2D eigenvalue weighted by Crippen LogP contribution is 2.08. The van der Waals surface area contributed by atoms with Crippen molar-refractivity contribution in [1.82, 2.24) is 0 Å². The summed E-state index contributed by atoms with van der Waals surface area (Å²) in [6, 6.07) is 0. The van der Waals surface area contributed by atoms with E-state index >= 15 is 0 Å². The van der Waals surface area contributed by atoms with Gasteiger partial charge >= 0.3 is 0 Å². The SMILES string of the molecule is CC(C)CCCC(=S)OC(C)C. The van der Waals surface area contributed by atoms with Crippen LogP contribution in [0.15, 0.2) is 0 Å². The van der Waals surface area contributed by atoms with E-state index in [-0.39, 0.29) is 6.10 Å². The molecule has 0 heterocycles. The minimum Gasteiger partial charge on any atom is -0.484 e. The van der Waals surface area contributed by atoms with Crippen LogP contribution in [0.25, 0.3) is 0 Å². The fourth-order valence-electron chi connectivity index (χ4n) is 0.976. The lowest BCUT2D eigenvalue weighted by Gasteiger charge is -2.10. The summed E-state index contributed by atoms with van der Waals surface area (Å²) in [4.78, 5) is 0. The third-order valence-corrected chi connectivity index (χ3v) is 1.83. The molecule has 0 N–H and O–H groups in total. The van der Waals surface area contributed by atoms with Gasteiger partial charge in [-0.25, -0.2) is 0 Å². The Balaban J connectivity index is 3.32. The molecule has 0 aliphatic heterocycles. The van der Waals surface area contributed by atoms with E-state index in [0.29, 0.717) is 0 Å². The van der Waals surface area contributed by atoms with Crippen molar-refractivity contribution in [1.29, 1.82) is 0 Å². The van der Waals surface area contributed by atoms with E-state index in [0.717, 1.165) is 23.8 Å². The number of rotatable bonds is 5. The molecule has 0 atom stereocenters. The zero-order chi connectivity index (χ0) is 9.56. The molecular formula is C10H20OS. The van der Waals surface area contributed by atoms with E-state index in [9.17, 15) is 0 Å². The second kappa shape index (κ2) is 6.41. The van der Waals surface area contributed by atoms with Crippen LogP contribution in [0.4, 0.5) is 0 Å². The maximum atomic E-state index is 5.36. The molecule has 0 radical (unpaired) electrons. The van der Waals surface area contributed by atoms with Crippen LogP contribution in [0.5, 0.6) is 0 Å². The van der Waals surface area contributed by atoms with Crippen LogP contribution >= 0.6 is 12.2 Å². The molecule has 0 spiro atoms. The van der Waals surface area contributed by atoms with Gasteiger partial charge in [-0.3, -0.25) is 0 Å². The summed E-state index contributed by atoms with van der Waals surface area (Å²) in [5.74, 6) is 0.770. The number of hydrogen-bond donors (Lipinski definition) is 0. The van der Waals surface area contributed by atoms with Gasteiger partial charge in [0.1, 0.15) is 0 Å². The Morgan fingerprint density at radius 1 is 1.25 bits per heavy atom. The van der Waals surface area contributed by atoms with Crippen molar-refractivity contribution in [2.75, 3.05) is 0 Å². The van der Waals surface area contributed by atoms with Crippen molar-refractivity contribution in [3.8, 4) is 0 Å². The van der Waals surface area contributed by atoms with Gasteiger partial charge < -0.3 is 4.74 Å². The zero-order valence-corrected chi connectivity index (χ0v) is 9.41. The molecule has 0 aromatic carbocycles. The number of thiocarbonyl (C=S) groups is 1. The Morgan fingerprint density at radius 3 is 2.25 bits per heavy atom. The van der Waals surface area contributed by atoms with Gasteiger partial charge in [-0.15, -0.1) is 0 Å². The van der Waals surface area contributed by atoms with Gasteiger partial charge in [0, 0.05) is 6.42 Å². The largest absolute Gasteiger partial charge is 0.484 e. The predicted molar refractivity (Wildman–Crippen MR) is 57.5 cm³/mol. The number of ether oxygens (including phenoxy) is 1. The molecule has 0 fully saturated rings. The van der Waals surface area contributed by atoms with Crippen LogP contribution in [0, 0.1) is 5.92 Å². The van der Waals surface area contributed by atoms with E-state index in [4.69, 9.17) is 17.0 Å². The molecule has 0 amide bonds. The summed E-state index contributed by atoms with van der Waals surface area (Å²) in [6.45, 7) is 8.47. The van der Waals surface area contributed by atoms with Crippen LogP contribution < -0.4 is 0 Å². The molecule has 0 saturated heterocycles. The van der Waals surface area contributed by atoms with Gasteiger partial charge in [0.05, 0.1) is 6.10 Å². The average molecular weight is 188 g/mol. The normalized spacial score (nSPS) is 10.8. The Hall–Kier alpha value is -0.110. The maximum absolute atomic E-state index is 5.36. The highest BCUT2D eigenvalue weighted by Gasteiger charge is 2.01. The summed E-state index contributed by atoms with van der Waals surface area (Å²) in [5.41, 5.74) is 0. The van der Waals surface area contributed by atoms with Crippen LogP contribution in [0.1, 0.15) is 47.0 Å². The smallest absolute Gasteiger partial charge is 0.160 e. The predicted octanol–water partition coefficient (Wildman–Crippen LogP) is 3.57. The van der Waals surface area contributed by atoms with Crippen molar-refractivity contribution < 1.29 is 4.74 Å². The van der Waals surface area contributed by atoms with E-state index < -0.39 is 0 Å². The van der Waals surface area contributed by atoms with E-state index in [1.54, 1.807) is 0 Å². The van der Waals surface area contributed by atoms with Crippen molar-refractivity contribution in [2.24, 2.45) is 5.92 Å². The van der Waals surface area contributed by atoms with Gasteiger partial charge in [0.15, 0.2) is 5.05 Å². The van der Waals surface area contributed by atoms with E-state index in [1.807, 2.05) is 13.8 Å². The number of hydrogen-bond acceptors (Lipinski definition) is 2. The van der Waals surface area contributed by atoms with Crippen LogP contribution in [-0.2, 0) is 4.74 Å². The first-order chi connectivity index (χ1) is 5.52. The fraction of sp³-hybridized carbons (Fsp3) is 0.900. The lowest BCUT2D eigenvalue weighted by atomic mass is 10.1. The summed E-state index contributed by atoms with van der Waals surface area (Å²) in [5, 5.41) is 0.769. The standard InChI is InChI=1S/C10H20OS/c1-8(2)6-5-7-10(12)11-9(3)4/h8-9H,5-7H2,1-4H3. The van der Waals surface area contributed by atoms with E-state index in [1.165, 1.54) is 6.42 Å². The van der Waals surface area contributed by atoms with Crippen LogP contribution in [0.2, 0.25) is 0 Å². The molecule has 0 aromatic heterocycles. The maximum Gasteiger partial charge on any atom is 0.160 e. The molecule has 2 heteroatoms.